The van der Waals surface area contributed by atoms with Crippen molar-refractivity contribution in [2.24, 2.45) is 0 Å². The maximum absolute atomic E-state index is 12.3. The van der Waals surface area contributed by atoms with E-state index < -0.39 is 17.6 Å². The van der Waals surface area contributed by atoms with E-state index in [0.29, 0.717) is 39.1 Å². The summed E-state index contributed by atoms with van der Waals surface area (Å²) < 4.78 is 0. The number of hydrogen-bond donors (Lipinski definition) is 2. The Balaban J connectivity index is 2.53. The second-order valence-corrected chi connectivity index (χ2v) is 6.23. The van der Waals surface area contributed by atoms with Crippen LogP contribution in [-0.4, -0.2) is 88.3 Å². The lowest BCUT2D eigenvalue weighted by Crippen LogP contribution is -2.56. The third-order valence-corrected chi connectivity index (χ3v) is 3.69. The van der Waals surface area contributed by atoms with Crippen LogP contribution in [-0.2, 0) is 4.79 Å². The lowest BCUT2D eigenvalue weighted by Gasteiger charge is -2.39. The maximum atomic E-state index is 12.3. The molecule has 0 bridgehead atoms. The van der Waals surface area contributed by atoms with Gasteiger partial charge in [-0.25, -0.2) is 9.59 Å². The van der Waals surface area contributed by atoms with Crippen LogP contribution < -0.4 is 0 Å². The van der Waals surface area contributed by atoms with E-state index in [2.05, 4.69) is 4.90 Å². The number of carbonyl (C=O) groups is 2. The molecule has 1 aliphatic heterocycles. The zero-order valence-corrected chi connectivity index (χ0v) is 13.4. The summed E-state index contributed by atoms with van der Waals surface area (Å²) in [5, 5.41) is 18.9. The molecule has 0 spiro atoms. The number of carboxylic acid groups (broad SMARTS) is 1. The first-order valence-corrected chi connectivity index (χ1v) is 7.35. The van der Waals surface area contributed by atoms with Crippen molar-refractivity contribution in [2.45, 2.75) is 38.8 Å². The van der Waals surface area contributed by atoms with Crippen molar-refractivity contribution in [3.63, 3.8) is 0 Å². The third-order valence-electron chi connectivity index (χ3n) is 3.69. The van der Waals surface area contributed by atoms with Crippen LogP contribution in [0.1, 0.15) is 27.2 Å². The Morgan fingerprint density at radius 2 is 1.76 bits per heavy atom. The summed E-state index contributed by atoms with van der Waals surface area (Å²) in [6.45, 7) is 8.32. The molecule has 1 heterocycles. The van der Waals surface area contributed by atoms with E-state index in [-0.39, 0.29) is 6.03 Å². The lowest BCUT2D eigenvalue weighted by molar-refractivity contribution is -0.142. The first-order valence-electron chi connectivity index (χ1n) is 7.35. The van der Waals surface area contributed by atoms with Crippen LogP contribution in [0.3, 0.4) is 0 Å². The highest BCUT2D eigenvalue weighted by molar-refractivity contribution is 5.82. The van der Waals surface area contributed by atoms with Gasteiger partial charge in [-0.05, 0) is 20.3 Å². The lowest BCUT2D eigenvalue weighted by atomic mass is 10.1. The molecule has 2 amide bonds. The number of carbonyl (C=O) groups excluding carboxylic acids is 1. The molecule has 1 fully saturated rings. The molecule has 1 aliphatic rings. The summed E-state index contributed by atoms with van der Waals surface area (Å²) in [7, 11) is 1.54. The highest BCUT2D eigenvalue weighted by atomic mass is 16.4. The van der Waals surface area contributed by atoms with Gasteiger partial charge < -0.3 is 20.0 Å². The number of carboxylic acids is 1. The number of hydrogen-bond acceptors (Lipinski definition) is 4. The van der Waals surface area contributed by atoms with Gasteiger partial charge in [0, 0.05) is 39.8 Å². The van der Waals surface area contributed by atoms with Crippen molar-refractivity contribution < 1.29 is 19.8 Å². The number of urea groups is 1. The minimum Gasteiger partial charge on any atom is -0.480 e. The smallest absolute Gasteiger partial charge is 0.326 e. The van der Waals surface area contributed by atoms with Crippen LogP contribution in [0.25, 0.3) is 0 Å². The molecule has 7 heteroatoms. The Morgan fingerprint density at radius 1 is 1.24 bits per heavy atom. The molecular weight excluding hydrogens is 274 g/mol. The van der Waals surface area contributed by atoms with Gasteiger partial charge in [0.2, 0.25) is 0 Å². The van der Waals surface area contributed by atoms with Crippen LogP contribution in [0, 0.1) is 0 Å². The van der Waals surface area contributed by atoms with Crippen LogP contribution in [0.4, 0.5) is 4.79 Å². The number of likely N-dealkylation sites (N-methyl/N-ethyl adjacent to an activating group) is 1. The molecule has 122 valence electrons. The Morgan fingerprint density at radius 3 is 2.14 bits per heavy atom. The number of aliphatic carboxylic acids is 1. The average Bonchev–Trinajstić information content (AvgIpc) is 2.37. The number of aliphatic hydroxyl groups is 1. The van der Waals surface area contributed by atoms with E-state index in [1.807, 2.05) is 0 Å². The van der Waals surface area contributed by atoms with Crippen molar-refractivity contribution in [3.05, 3.63) is 0 Å². The van der Waals surface area contributed by atoms with E-state index in [9.17, 15) is 14.7 Å². The van der Waals surface area contributed by atoms with Gasteiger partial charge in [-0.3, -0.25) is 4.90 Å². The fraction of sp³-hybridized carbons (Fsp3) is 0.857. The second-order valence-electron chi connectivity index (χ2n) is 6.23. The van der Waals surface area contributed by atoms with Gasteiger partial charge >= 0.3 is 12.0 Å². The predicted octanol–water partition coefficient (Wildman–Crippen LogP) is 0.290. The summed E-state index contributed by atoms with van der Waals surface area (Å²) in [6.07, 6.45) is 0.385. The topological polar surface area (TPSA) is 84.3 Å². The molecular formula is C14H27N3O4. The fourth-order valence-electron chi connectivity index (χ4n) is 2.62. The van der Waals surface area contributed by atoms with Crippen molar-refractivity contribution in [1.82, 2.24) is 14.7 Å². The quantitative estimate of drug-likeness (QED) is 0.762. The van der Waals surface area contributed by atoms with Gasteiger partial charge in [-0.2, -0.15) is 0 Å². The van der Waals surface area contributed by atoms with E-state index in [0.717, 1.165) is 0 Å². The normalized spacial score (nSPS) is 18.4. The molecule has 1 rings (SSSR count). The van der Waals surface area contributed by atoms with E-state index in [4.69, 9.17) is 5.11 Å². The molecule has 0 radical (unpaired) electrons. The first kappa shape index (κ1) is 17.7. The number of piperazine rings is 1. The highest BCUT2D eigenvalue weighted by Gasteiger charge is 2.30. The molecule has 1 saturated heterocycles. The van der Waals surface area contributed by atoms with Gasteiger partial charge in [0.1, 0.15) is 6.04 Å². The molecule has 0 aromatic heterocycles. The minimum atomic E-state index is -0.978. The highest BCUT2D eigenvalue weighted by Crippen LogP contribution is 2.12. The van der Waals surface area contributed by atoms with Gasteiger partial charge in [0.15, 0.2) is 0 Å². The Bertz CT molecular complexity index is 373. The van der Waals surface area contributed by atoms with Crippen LogP contribution in [0.2, 0.25) is 0 Å². The maximum Gasteiger partial charge on any atom is 0.326 e. The zero-order valence-electron chi connectivity index (χ0n) is 13.4. The summed E-state index contributed by atoms with van der Waals surface area (Å²) in [4.78, 5) is 28.5. The number of nitrogens with zero attached hydrogens (tertiary/aromatic N) is 3. The van der Waals surface area contributed by atoms with Gasteiger partial charge in [-0.1, -0.05) is 6.92 Å². The molecule has 2 N–H and O–H groups in total. The van der Waals surface area contributed by atoms with Crippen molar-refractivity contribution in [1.29, 1.82) is 0 Å². The minimum absolute atomic E-state index is 0.243. The molecule has 7 nitrogen and oxygen atoms in total. The number of β-amino-alcohol motifs (C(OH)–C–C–N with tert-alkyl or cyclic N) is 1. The Labute approximate surface area is 126 Å². The van der Waals surface area contributed by atoms with Crippen LogP contribution in [0.5, 0.6) is 0 Å². The molecule has 1 unspecified atom stereocenters. The van der Waals surface area contributed by atoms with Crippen molar-refractivity contribution in [2.75, 3.05) is 39.8 Å². The standard InChI is InChI=1S/C14H27N3O4/c1-5-11(12(18)19)15(4)13(20)17-8-6-16(7-9-17)10-14(2,3)21/h11,21H,5-10H2,1-4H3,(H,18,19). The largest absolute Gasteiger partial charge is 0.480 e. The van der Waals surface area contributed by atoms with E-state index in [1.54, 1.807) is 25.7 Å². The predicted molar refractivity (Wildman–Crippen MR) is 79.2 cm³/mol. The Hall–Kier alpha value is -1.34. The monoisotopic (exact) mass is 301 g/mol. The van der Waals surface area contributed by atoms with Crippen LogP contribution in [0.15, 0.2) is 0 Å². The third kappa shape index (κ3) is 5.17. The summed E-state index contributed by atoms with van der Waals surface area (Å²) in [5.41, 5.74) is -0.750. The zero-order chi connectivity index (χ0) is 16.2. The van der Waals surface area contributed by atoms with Crippen molar-refractivity contribution in [3.8, 4) is 0 Å². The summed E-state index contributed by atoms with van der Waals surface area (Å²) in [6, 6.07) is -1.03. The molecule has 0 aromatic rings. The second kappa shape index (κ2) is 7.09. The van der Waals surface area contributed by atoms with Gasteiger partial charge in [0.05, 0.1) is 5.60 Å². The number of amides is 2. The molecule has 1 atom stereocenters. The van der Waals surface area contributed by atoms with E-state index >= 15 is 0 Å². The summed E-state index contributed by atoms with van der Waals surface area (Å²) >= 11 is 0. The van der Waals surface area contributed by atoms with Crippen molar-refractivity contribution >= 4 is 12.0 Å². The molecule has 0 saturated carbocycles. The van der Waals surface area contributed by atoms with E-state index in [1.165, 1.54) is 11.9 Å². The SMILES string of the molecule is CCC(C(=O)O)N(C)C(=O)N1CCN(CC(C)(C)O)CC1. The average molecular weight is 301 g/mol. The first-order chi connectivity index (χ1) is 9.65. The number of rotatable bonds is 5. The summed E-state index contributed by atoms with van der Waals surface area (Å²) in [5.74, 6) is -0.978. The van der Waals surface area contributed by atoms with Gasteiger partial charge in [-0.15, -0.1) is 0 Å². The fourth-order valence-corrected chi connectivity index (χ4v) is 2.62. The molecule has 0 aliphatic carbocycles. The van der Waals surface area contributed by atoms with Gasteiger partial charge in [0.25, 0.3) is 0 Å². The Kier molecular flexibility index (Phi) is 5.98. The molecule has 21 heavy (non-hydrogen) atoms. The van der Waals surface area contributed by atoms with Crippen LogP contribution >= 0.6 is 0 Å². The molecule has 0 aromatic carbocycles.